The van der Waals surface area contributed by atoms with Crippen LogP contribution in [0.2, 0.25) is 0 Å². The zero-order valence-corrected chi connectivity index (χ0v) is 14.6. The molecule has 24 heavy (non-hydrogen) atoms. The molecule has 1 aromatic carbocycles. The summed E-state index contributed by atoms with van der Waals surface area (Å²) in [6, 6.07) is 5.50. The van der Waals surface area contributed by atoms with Gasteiger partial charge in [-0.15, -0.1) is 0 Å². The lowest BCUT2D eigenvalue weighted by Gasteiger charge is -2.42. The molecule has 3 heteroatoms. The van der Waals surface area contributed by atoms with Gasteiger partial charge in [-0.2, -0.15) is 0 Å². The molecule has 2 aliphatic rings. The van der Waals surface area contributed by atoms with Crippen LogP contribution in [0.25, 0.3) is 0 Å². The van der Waals surface area contributed by atoms with Gasteiger partial charge in [-0.25, -0.2) is 0 Å². The van der Waals surface area contributed by atoms with Crippen molar-refractivity contribution in [2.24, 2.45) is 5.92 Å². The topological polar surface area (TPSA) is 32.7 Å². The highest BCUT2D eigenvalue weighted by atomic mass is 16.5. The highest BCUT2D eigenvalue weighted by molar-refractivity contribution is 5.57. The summed E-state index contributed by atoms with van der Waals surface area (Å²) >= 11 is 0. The molecule has 0 radical (unpaired) electrons. The summed E-state index contributed by atoms with van der Waals surface area (Å²) in [6.07, 6.45) is 16.1. The molecule has 1 aliphatic heterocycles. The van der Waals surface area contributed by atoms with Gasteiger partial charge < -0.3 is 14.7 Å². The fourth-order valence-electron chi connectivity index (χ4n) is 3.75. The minimum Gasteiger partial charge on any atom is -0.508 e. The molecule has 0 fully saturated rings. The Bertz CT molecular complexity index is 729. The third-order valence-electron chi connectivity index (χ3n) is 5.07. The van der Waals surface area contributed by atoms with Crippen molar-refractivity contribution in [1.29, 1.82) is 0 Å². The predicted molar refractivity (Wildman–Crippen MR) is 98.3 cm³/mol. The number of allylic oxidation sites excluding steroid dienone is 6. The lowest BCUT2D eigenvalue weighted by atomic mass is 9.62. The highest BCUT2D eigenvalue weighted by Crippen LogP contribution is 2.49. The molecule has 3 rings (SSSR count). The highest BCUT2D eigenvalue weighted by Gasteiger charge is 2.42. The van der Waals surface area contributed by atoms with Gasteiger partial charge in [0.15, 0.2) is 0 Å². The fourth-order valence-corrected chi connectivity index (χ4v) is 3.75. The van der Waals surface area contributed by atoms with Crippen molar-refractivity contribution in [2.75, 3.05) is 20.7 Å². The summed E-state index contributed by atoms with van der Waals surface area (Å²) in [6.45, 7) is 3.06. The molecule has 126 valence electrons. The Balaban J connectivity index is 2.22. The first kappa shape index (κ1) is 16.4. The van der Waals surface area contributed by atoms with Crippen molar-refractivity contribution in [3.8, 4) is 11.5 Å². The largest absolute Gasteiger partial charge is 0.508 e. The summed E-state index contributed by atoms with van der Waals surface area (Å²) in [4.78, 5) is 2.14. The van der Waals surface area contributed by atoms with Crippen LogP contribution in [0.1, 0.15) is 18.9 Å². The third-order valence-corrected chi connectivity index (χ3v) is 5.07. The second-order valence-electron chi connectivity index (χ2n) is 6.43. The Morgan fingerprint density at radius 3 is 2.83 bits per heavy atom. The van der Waals surface area contributed by atoms with E-state index in [1.807, 2.05) is 6.07 Å². The van der Waals surface area contributed by atoms with Crippen molar-refractivity contribution in [1.82, 2.24) is 4.90 Å². The molecule has 1 aliphatic carbocycles. The Morgan fingerprint density at radius 2 is 2.17 bits per heavy atom. The summed E-state index contributed by atoms with van der Waals surface area (Å²) in [7, 11) is 3.72. The number of benzene rings is 1. The average Bonchev–Trinajstić information content (AvgIpc) is 2.62. The smallest absolute Gasteiger partial charge is 0.120 e. The van der Waals surface area contributed by atoms with Crippen LogP contribution in [-0.4, -0.2) is 30.7 Å². The van der Waals surface area contributed by atoms with E-state index in [1.54, 1.807) is 19.2 Å². The number of phenols is 1. The molecule has 0 saturated carbocycles. The van der Waals surface area contributed by atoms with Gasteiger partial charge in [-0.3, -0.25) is 0 Å². The monoisotopic (exact) mass is 323 g/mol. The first-order chi connectivity index (χ1) is 11.6. The molecule has 2 unspecified atom stereocenters. The number of rotatable bonds is 4. The molecule has 0 bridgehead atoms. The van der Waals surface area contributed by atoms with Gasteiger partial charge in [0.2, 0.25) is 0 Å². The maximum Gasteiger partial charge on any atom is 0.120 e. The van der Waals surface area contributed by atoms with Crippen LogP contribution < -0.4 is 4.74 Å². The van der Waals surface area contributed by atoms with Crippen molar-refractivity contribution in [3.63, 3.8) is 0 Å². The van der Waals surface area contributed by atoms with Crippen molar-refractivity contribution in [3.05, 3.63) is 72.0 Å². The fraction of sp³-hybridized carbons (Fsp3) is 0.333. The minimum absolute atomic E-state index is 0.278. The predicted octanol–water partition coefficient (Wildman–Crippen LogP) is 4.18. The first-order valence-electron chi connectivity index (χ1n) is 8.44. The van der Waals surface area contributed by atoms with E-state index in [0.29, 0.717) is 5.75 Å². The van der Waals surface area contributed by atoms with E-state index >= 15 is 0 Å². The molecular weight excluding hydrogens is 298 g/mol. The SMILES string of the molecule is CCC1C=CC=CC1(C1=CCN(C)C=C1)c1cc(OC)ccc1O. The molecule has 1 aromatic rings. The number of aromatic hydroxyl groups is 1. The molecule has 1 heterocycles. The number of phenolic OH excluding ortho intramolecular Hbond substituents is 1. The van der Waals surface area contributed by atoms with Gasteiger partial charge in [0.05, 0.1) is 7.11 Å². The number of hydrogen-bond acceptors (Lipinski definition) is 3. The number of nitrogens with zero attached hydrogens (tertiary/aromatic N) is 1. The normalized spacial score (nSPS) is 25.7. The summed E-state index contributed by atoms with van der Waals surface area (Å²) in [5.41, 5.74) is 1.74. The van der Waals surface area contributed by atoms with Crippen LogP contribution in [0.3, 0.4) is 0 Å². The van der Waals surface area contributed by atoms with E-state index in [9.17, 15) is 5.11 Å². The summed E-state index contributed by atoms with van der Waals surface area (Å²) in [5, 5.41) is 10.7. The van der Waals surface area contributed by atoms with Gasteiger partial charge in [-0.1, -0.05) is 37.3 Å². The Kier molecular flexibility index (Phi) is 4.52. The van der Waals surface area contributed by atoms with E-state index in [4.69, 9.17) is 4.74 Å². The molecule has 0 aromatic heterocycles. The van der Waals surface area contributed by atoms with Crippen molar-refractivity contribution < 1.29 is 9.84 Å². The quantitative estimate of drug-likeness (QED) is 0.902. The zero-order valence-electron chi connectivity index (χ0n) is 14.6. The zero-order chi connectivity index (χ0) is 17.2. The number of ether oxygens (including phenoxy) is 1. The summed E-state index contributed by atoms with van der Waals surface area (Å²) < 4.78 is 5.42. The molecule has 1 N–H and O–H groups in total. The Labute approximate surface area is 144 Å². The Morgan fingerprint density at radius 1 is 1.33 bits per heavy atom. The standard InChI is InChI=1S/C21H25NO2/c1-4-16-7-5-6-12-21(16,17-10-13-22(2)14-11-17)19-15-18(24-3)8-9-20(19)23/h5-13,15-16,23H,4,14H2,1-3H3. The van der Waals surface area contributed by atoms with E-state index < -0.39 is 0 Å². The minimum atomic E-state index is -0.375. The Hall–Kier alpha value is -2.42. The van der Waals surface area contributed by atoms with E-state index in [0.717, 1.165) is 24.3 Å². The summed E-state index contributed by atoms with van der Waals surface area (Å²) in [5.74, 6) is 1.35. The molecule has 0 amide bonds. The van der Waals surface area contributed by atoms with Crippen molar-refractivity contribution >= 4 is 0 Å². The third kappa shape index (κ3) is 2.64. The van der Waals surface area contributed by atoms with Gasteiger partial charge >= 0.3 is 0 Å². The van der Waals surface area contributed by atoms with Crippen LogP contribution in [0.5, 0.6) is 11.5 Å². The average molecular weight is 323 g/mol. The van der Waals surface area contributed by atoms with E-state index in [-0.39, 0.29) is 11.3 Å². The molecule has 0 spiro atoms. The van der Waals surface area contributed by atoms with Gasteiger partial charge in [0.25, 0.3) is 0 Å². The van der Waals surface area contributed by atoms with Gasteiger partial charge in [0, 0.05) is 24.6 Å². The lowest BCUT2D eigenvalue weighted by Crippen LogP contribution is -2.36. The van der Waals surface area contributed by atoms with E-state index in [2.05, 4.69) is 61.5 Å². The molecule has 2 atom stereocenters. The van der Waals surface area contributed by atoms with Crippen LogP contribution in [-0.2, 0) is 5.41 Å². The van der Waals surface area contributed by atoms with Crippen molar-refractivity contribution in [2.45, 2.75) is 18.8 Å². The second kappa shape index (κ2) is 6.60. The van der Waals surface area contributed by atoms with Crippen LogP contribution in [0, 0.1) is 5.92 Å². The van der Waals surface area contributed by atoms with Crippen LogP contribution in [0.15, 0.2) is 66.4 Å². The number of hydrogen-bond donors (Lipinski definition) is 1. The molecular formula is C21H25NO2. The second-order valence-corrected chi connectivity index (χ2v) is 6.43. The maximum absolute atomic E-state index is 10.7. The van der Waals surface area contributed by atoms with Gasteiger partial charge in [0.1, 0.15) is 11.5 Å². The molecule has 0 saturated heterocycles. The number of methoxy groups -OCH3 is 1. The first-order valence-corrected chi connectivity index (χ1v) is 8.44. The van der Waals surface area contributed by atoms with Gasteiger partial charge in [-0.05, 0) is 48.4 Å². The number of likely N-dealkylation sites (N-methyl/N-ethyl adjacent to an activating group) is 1. The maximum atomic E-state index is 10.7. The molecule has 3 nitrogen and oxygen atoms in total. The van der Waals surface area contributed by atoms with E-state index in [1.165, 1.54) is 5.57 Å². The lowest BCUT2D eigenvalue weighted by molar-refractivity contribution is 0.387. The van der Waals surface area contributed by atoms with Crippen LogP contribution >= 0.6 is 0 Å². The van der Waals surface area contributed by atoms with Crippen LogP contribution in [0.4, 0.5) is 0 Å².